The SMILES string of the molecule is CN(Cc1nccn1C)C(=O)c1sc2nccnc2c1N. The lowest BCUT2D eigenvalue weighted by Crippen LogP contribution is -2.27. The minimum Gasteiger partial charge on any atom is -0.396 e. The number of fused-ring (bicyclic) bond motifs is 1. The lowest BCUT2D eigenvalue weighted by molar-refractivity contribution is 0.0786. The maximum atomic E-state index is 12.5. The van der Waals surface area contributed by atoms with E-state index in [0.29, 0.717) is 27.5 Å². The van der Waals surface area contributed by atoms with Gasteiger partial charge < -0.3 is 15.2 Å². The Kier molecular flexibility index (Phi) is 3.30. The number of hydrogen-bond acceptors (Lipinski definition) is 6. The van der Waals surface area contributed by atoms with Gasteiger partial charge in [0, 0.05) is 38.9 Å². The summed E-state index contributed by atoms with van der Waals surface area (Å²) in [6, 6.07) is 0. The lowest BCUT2D eigenvalue weighted by atomic mass is 10.3. The molecule has 0 aliphatic rings. The van der Waals surface area contributed by atoms with Gasteiger partial charge in [0.2, 0.25) is 0 Å². The van der Waals surface area contributed by atoms with Crippen molar-refractivity contribution >= 4 is 33.3 Å². The number of nitrogens with two attached hydrogens (primary N) is 1. The quantitative estimate of drug-likeness (QED) is 0.787. The van der Waals surface area contributed by atoms with Crippen LogP contribution in [0, 0.1) is 0 Å². The number of rotatable bonds is 3. The maximum Gasteiger partial charge on any atom is 0.266 e. The van der Waals surface area contributed by atoms with E-state index in [1.807, 2.05) is 17.8 Å². The molecule has 0 saturated heterocycles. The molecule has 0 atom stereocenters. The minimum absolute atomic E-state index is 0.152. The van der Waals surface area contributed by atoms with Gasteiger partial charge in [-0.25, -0.2) is 15.0 Å². The van der Waals surface area contributed by atoms with Gasteiger partial charge in [0.15, 0.2) is 0 Å². The van der Waals surface area contributed by atoms with Crippen molar-refractivity contribution in [1.29, 1.82) is 0 Å². The minimum atomic E-state index is -0.152. The Balaban J connectivity index is 1.89. The molecule has 0 bridgehead atoms. The first-order chi connectivity index (χ1) is 10.1. The van der Waals surface area contributed by atoms with Crippen LogP contribution in [0.15, 0.2) is 24.8 Å². The number of anilines is 1. The van der Waals surface area contributed by atoms with Gasteiger partial charge in [0.1, 0.15) is 21.0 Å². The summed E-state index contributed by atoms with van der Waals surface area (Å²) in [5, 5.41) is 0. The standard InChI is InChI=1S/C13H14N6OS/c1-18-6-5-15-8(18)7-19(2)13(20)11-9(14)10-12(21-11)17-4-3-16-10/h3-6H,7,14H2,1-2H3. The molecule has 108 valence electrons. The largest absolute Gasteiger partial charge is 0.396 e. The van der Waals surface area contributed by atoms with Crippen molar-refractivity contribution < 1.29 is 4.79 Å². The van der Waals surface area contributed by atoms with E-state index >= 15 is 0 Å². The summed E-state index contributed by atoms with van der Waals surface area (Å²) in [7, 11) is 3.62. The summed E-state index contributed by atoms with van der Waals surface area (Å²) < 4.78 is 1.88. The molecule has 3 heterocycles. The monoisotopic (exact) mass is 302 g/mol. The van der Waals surface area contributed by atoms with Crippen LogP contribution in [0.5, 0.6) is 0 Å². The summed E-state index contributed by atoms with van der Waals surface area (Å²) in [5.41, 5.74) is 6.99. The number of carbonyl (C=O) groups excluding carboxylic acids is 1. The second-order valence-electron chi connectivity index (χ2n) is 4.67. The molecule has 0 radical (unpaired) electrons. The van der Waals surface area contributed by atoms with Gasteiger partial charge in [0.05, 0.1) is 12.2 Å². The first kappa shape index (κ1) is 13.5. The van der Waals surface area contributed by atoms with Crippen molar-refractivity contribution in [1.82, 2.24) is 24.4 Å². The molecule has 0 saturated carbocycles. The highest BCUT2D eigenvalue weighted by atomic mass is 32.1. The predicted octanol–water partition coefficient (Wildman–Crippen LogP) is 1.28. The number of nitrogens with zero attached hydrogens (tertiary/aromatic N) is 5. The van der Waals surface area contributed by atoms with Crippen molar-refractivity contribution in [3.63, 3.8) is 0 Å². The van der Waals surface area contributed by atoms with E-state index in [4.69, 9.17) is 5.73 Å². The number of imidazole rings is 1. The van der Waals surface area contributed by atoms with Crippen molar-refractivity contribution in [3.05, 3.63) is 35.5 Å². The zero-order valence-electron chi connectivity index (χ0n) is 11.6. The van der Waals surface area contributed by atoms with Crippen molar-refractivity contribution in [2.75, 3.05) is 12.8 Å². The number of thiophene rings is 1. The molecular weight excluding hydrogens is 288 g/mol. The van der Waals surface area contributed by atoms with Gasteiger partial charge in [0.25, 0.3) is 5.91 Å². The Hall–Kier alpha value is -2.48. The topological polar surface area (TPSA) is 89.9 Å². The van der Waals surface area contributed by atoms with Crippen molar-refractivity contribution in [3.8, 4) is 0 Å². The summed E-state index contributed by atoms with van der Waals surface area (Å²) in [6.07, 6.45) is 6.70. The molecule has 3 aromatic rings. The normalized spacial score (nSPS) is 11.0. The summed E-state index contributed by atoms with van der Waals surface area (Å²) in [6.45, 7) is 0.414. The average molecular weight is 302 g/mol. The van der Waals surface area contributed by atoms with E-state index in [1.54, 1.807) is 30.5 Å². The first-order valence-corrected chi connectivity index (χ1v) is 7.10. The highest BCUT2D eigenvalue weighted by molar-refractivity contribution is 7.21. The molecule has 0 spiro atoms. The Morgan fingerprint density at radius 3 is 2.76 bits per heavy atom. The third kappa shape index (κ3) is 2.33. The van der Waals surface area contributed by atoms with Crippen LogP contribution < -0.4 is 5.73 Å². The Labute approximate surface area is 125 Å². The van der Waals surface area contributed by atoms with Crippen LogP contribution in [-0.4, -0.2) is 37.4 Å². The molecule has 1 amide bonds. The molecule has 0 aliphatic carbocycles. The third-order valence-corrected chi connectivity index (χ3v) is 4.29. The van der Waals surface area contributed by atoms with Gasteiger partial charge in [-0.3, -0.25) is 4.79 Å². The number of aryl methyl sites for hydroxylation is 1. The number of aromatic nitrogens is 4. The number of nitrogen functional groups attached to an aromatic ring is 1. The fourth-order valence-corrected chi connectivity index (χ4v) is 3.02. The first-order valence-electron chi connectivity index (χ1n) is 6.28. The molecule has 21 heavy (non-hydrogen) atoms. The van der Waals surface area contributed by atoms with E-state index in [0.717, 1.165) is 5.82 Å². The molecule has 8 heteroatoms. The van der Waals surface area contributed by atoms with Crippen LogP contribution in [0.2, 0.25) is 0 Å². The van der Waals surface area contributed by atoms with Crippen molar-refractivity contribution in [2.24, 2.45) is 7.05 Å². The van der Waals surface area contributed by atoms with Gasteiger partial charge in [-0.2, -0.15) is 0 Å². The molecular formula is C13H14N6OS. The molecule has 3 rings (SSSR count). The molecule has 3 aromatic heterocycles. The highest BCUT2D eigenvalue weighted by Gasteiger charge is 2.21. The second kappa shape index (κ2) is 5.13. The Morgan fingerprint density at radius 2 is 2.10 bits per heavy atom. The molecule has 2 N–H and O–H groups in total. The number of hydrogen-bond donors (Lipinski definition) is 1. The summed E-state index contributed by atoms with van der Waals surface area (Å²) in [4.78, 5) is 27.8. The smallest absolute Gasteiger partial charge is 0.266 e. The molecule has 0 aliphatic heterocycles. The highest BCUT2D eigenvalue weighted by Crippen LogP contribution is 2.31. The van der Waals surface area contributed by atoms with E-state index in [-0.39, 0.29) is 5.91 Å². The lowest BCUT2D eigenvalue weighted by Gasteiger charge is -2.16. The van der Waals surface area contributed by atoms with E-state index < -0.39 is 0 Å². The van der Waals surface area contributed by atoms with Crippen LogP contribution in [0.3, 0.4) is 0 Å². The van der Waals surface area contributed by atoms with Crippen molar-refractivity contribution in [2.45, 2.75) is 6.54 Å². The second-order valence-corrected chi connectivity index (χ2v) is 5.67. The summed E-state index contributed by atoms with van der Waals surface area (Å²) >= 11 is 1.26. The summed E-state index contributed by atoms with van der Waals surface area (Å²) in [5.74, 6) is 0.655. The van der Waals surface area contributed by atoms with Gasteiger partial charge >= 0.3 is 0 Å². The van der Waals surface area contributed by atoms with Gasteiger partial charge in [-0.15, -0.1) is 11.3 Å². The predicted molar refractivity (Wildman–Crippen MR) is 80.8 cm³/mol. The third-order valence-electron chi connectivity index (χ3n) is 3.20. The van der Waals surface area contributed by atoms with Crippen LogP contribution >= 0.6 is 11.3 Å². The molecule has 0 fully saturated rings. The van der Waals surface area contributed by atoms with E-state index in [9.17, 15) is 4.79 Å². The molecule has 0 unspecified atom stereocenters. The number of amides is 1. The molecule has 0 aromatic carbocycles. The average Bonchev–Trinajstić information content (AvgIpc) is 3.03. The van der Waals surface area contributed by atoms with Crippen LogP contribution in [0.4, 0.5) is 5.69 Å². The maximum absolute atomic E-state index is 12.5. The van der Waals surface area contributed by atoms with Crippen LogP contribution in [0.1, 0.15) is 15.5 Å². The fourth-order valence-electron chi connectivity index (χ4n) is 2.01. The Morgan fingerprint density at radius 1 is 1.33 bits per heavy atom. The Bertz CT molecular complexity index is 808. The van der Waals surface area contributed by atoms with E-state index in [1.165, 1.54) is 11.3 Å². The van der Waals surface area contributed by atoms with Crippen LogP contribution in [-0.2, 0) is 13.6 Å². The van der Waals surface area contributed by atoms with Gasteiger partial charge in [-0.1, -0.05) is 0 Å². The zero-order valence-corrected chi connectivity index (χ0v) is 12.5. The fraction of sp³-hybridized carbons (Fsp3) is 0.231. The molecule has 7 nitrogen and oxygen atoms in total. The van der Waals surface area contributed by atoms with Gasteiger partial charge in [-0.05, 0) is 0 Å². The number of carbonyl (C=O) groups is 1. The van der Waals surface area contributed by atoms with Crippen LogP contribution in [0.25, 0.3) is 10.3 Å². The zero-order chi connectivity index (χ0) is 15.0. The van der Waals surface area contributed by atoms with E-state index in [2.05, 4.69) is 15.0 Å².